The molecule has 4 rings (SSSR count). The minimum Gasteiger partial charge on any atom is -0.408 e. The molecule has 1 aromatic carbocycles. The summed E-state index contributed by atoms with van der Waals surface area (Å²) >= 11 is 3.32. The molecule has 3 aromatic heterocycles. The van der Waals surface area contributed by atoms with Crippen LogP contribution >= 0.6 is 15.9 Å². The molecule has 0 aliphatic rings. The second-order valence-corrected chi connectivity index (χ2v) is 5.12. The van der Waals surface area contributed by atoms with E-state index in [1.165, 1.54) is 0 Å². The Morgan fingerprint density at radius 1 is 1.25 bits per heavy atom. The summed E-state index contributed by atoms with van der Waals surface area (Å²) in [5.41, 5.74) is 3.62. The number of halogens is 1. The van der Waals surface area contributed by atoms with Gasteiger partial charge in [-0.2, -0.15) is 5.10 Å². The lowest BCUT2D eigenvalue weighted by atomic mass is 10.1. The number of H-pyrrole nitrogens is 1. The molecule has 4 aromatic rings. The molecule has 0 amide bonds. The Hall–Kier alpha value is -2.41. The molecular weight excluding hydrogens is 324 g/mol. The van der Waals surface area contributed by atoms with Crippen LogP contribution in [0.3, 0.4) is 0 Å². The summed E-state index contributed by atoms with van der Waals surface area (Å²) in [4.78, 5) is 18.0. The van der Waals surface area contributed by atoms with Crippen molar-refractivity contribution in [2.24, 2.45) is 0 Å². The maximum atomic E-state index is 11.2. The van der Waals surface area contributed by atoms with E-state index in [4.69, 9.17) is 4.42 Å². The molecule has 1 N–H and O–H groups in total. The van der Waals surface area contributed by atoms with Gasteiger partial charge in [0.2, 0.25) is 0 Å². The Morgan fingerprint density at radius 2 is 2.15 bits per heavy atom. The fourth-order valence-corrected chi connectivity index (χ4v) is 2.49. The van der Waals surface area contributed by atoms with E-state index < -0.39 is 5.76 Å². The van der Waals surface area contributed by atoms with Crippen LogP contribution in [0.15, 0.2) is 50.3 Å². The number of nitrogens with one attached hydrogen (secondary N) is 1. The third kappa shape index (κ3) is 1.75. The summed E-state index contributed by atoms with van der Waals surface area (Å²) < 4.78 is 7.41. The number of fused-ring (bicyclic) bond motifs is 2. The van der Waals surface area contributed by atoms with Gasteiger partial charge in [-0.3, -0.25) is 4.98 Å². The molecule has 3 heterocycles. The van der Waals surface area contributed by atoms with Crippen molar-refractivity contribution in [2.75, 3.05) is 0 Å². The average Bonchev–Trinajstić information content (AvgIpc) is 2.97. The Morgan fingerprint density at radius 3 is 3.05 bits per heavy atom. The highest BCUT2D eigenvalue weighted by Gasteiger charge is 2.07. The SMILES string of the molecule is O=c1[nH]c2cc(-c3ccc4nc(Br)cn4n3)ccc2o1. The van der Waals surface area contributed by atoms with Crippen LogP contribution in [-0.2, 0) is 0 Å². The van der Waals surface area contributed by atoms with Crippen LogP contribution < -0.4 is 5.76 Å². The van der Waals surface area contributed by atoms with E-state index in [1.807, 2.05) is 24.3 Å². The van der Waals surface area contributed by atoms with Crippen LogP contribution in [0.2, 0.25) is 0 Å². The number of imidazole rings is 1. The predicted octanol–water partition coefficient (Wildman–Crippen LogP) is 2.59. The number of oxazole rings is 1. The van der Waals surface area contributed by atoms with E-state index in [0.29, 0.717) is 11.1 Å². The fourth-order valence-electron chi connectivity index (χ4n) is 2.12. The molecular formula is C13H7BrN4O2. The van der Waals surface area contributed by atoms with Crippen LogP contribution in [0.1, 0.15) is 0 Å². The second kappa shape index (κ2) is 4.04. The molecule has 20 heavy (non-hydrogen) atoms. The van der Waals surface area contributed by atoms with Gasteiger partial charge in [-0.1, -0.05) is 0 Å². The first-order valence-electron chi connectivity index (χ1n) is 5.84. The number of hydrogen-bond donors (Lipinski definition) is 1. The molecule has 0 saturated carbocycles. The molecule has 0 aliphatic carbocycles. The molecule has 0 radical (unpaired) electrons. The predicted molar refractivity (Wildman–Crippen MR) is 76.5 cm³/mol. The number of aromatic amines is 1. The quantitative estimate of drug-likeness (QED) is 0.582. The third-order valence-corrected chi connectivity index (χ3v) is 3.39. The Bertz CT molecular complexity index is 998. The van der Waals surface area contributed by atoms with Crippen LogP contribution in [0.4, 0.5) is 0 Å². The van der Waals surface area contributed by atoms with Crippen molar-refractivity contribution in [1.82, 2.24) is 19.6 Å². The van der Waals surface area contributed by atoms with E-state index in [2.05, 4.69) is 31.0 Å². The maximum absolute atomic E-state index is 11.2. The van der Waals surface area contributed by atoms with E-state index in [-0.39, 0.29) is 0 Å². The highest BCUT2D eigenvalue weighted by atomic mass is 79.9. The van der Waals surface area contributed by atoms with Gasteiger partial charge in [-0.05, 0) is 46.3 Å². The first-order chi connectivity index (χ1) is 9.69. The first kappa shape index (κ1) is 11.4. The van der Waals surface area contributed by atoms with E-state index in [9.17, 15) is 4.79 Å². The van der Waals surface area contributed by atoms with Gasteiger partial charge in [-0.15, -0.1) is 0 Å². The van der Waals surface area contributed by atoms with Gasteiger partial charge < -0.3 is 4.42 Å². The van der Waals surface area contributed by atoms with Crippen LogP contribution in [0.25, 0.3) is 28.0 Å². The summed E-state index contributed by atoms with van der Waals surface area (Å²) in [6.45, 7) is 0. The maximum Gasteiger partial charge on any atom is 0.417 e. The van der Waals surface area contributed by atoms with E-state index in [1.54, 1.807) is 16.8 Å². The number of rotatable bonds is 1. The van der Waals surface area contributed by atoms with Crippen molar-refractivity contribution in [1.29, 1.82) is 0 Å². The third-order valence-electron chi connectivity index (χ3n) is 3.01. The summed E-state index contributed by atoms with van der Waals surface area (Å²) in [5, 5.41) is 4.48. The standard InChI is InChI=1S/C13H7BrN4O2/c14-11-6-18-12(16-11)4-2-8(17-18)7-1-3-10-9(5-7)15-13(19)20-10/h1-6H,(H,15,19). The van der Waals surface area contributed by atoms with Crippen molar-refractivity contribution < 1.29 is 4.42 Å². The lowest BCUT2D eigenvalue weighted by Gasteiger charge is -2.01. The zero-order valence-corrected chi connectivity index (χ0v) is 11.6. The largest absolute Gasteiger partial charge is 0.417 e. The molecule has 98 valence electrons. The molecule has 0 fully saturated rings. The molecule has 0 saturated heterocycles. The van der Waals surface area contributed by atoms with Crippen LogP contribution in [-0.4, -0.2) is 19.6 Å². The van der Waals surface area contributed by atoms with E-state index in [0.717, 1.165) is 21.5 Å². The average molecular weight is 331 g/mol. The highest BCUT2D eigenvalue weighted by molar-refractivity contribution is 9.10. The van der Waals surface area contributed by atoms with Gasteiger partial charge in [0, 0.05) is 5.56 Å². The molecule has 0 unspecified atom stereocenters. The highest BCUT2D eigenvalue weighted by Crippen LogP contribution is 2.22. The van der Waals surface area contributed by atoms with Gasteiger partial charge in [0.15, 0.2) is 11.2 Å². The summed E-state index contributed by atoms with van der Waals surface area (Å²) in [6.07, 6.45) is 1.79. The number of benzene rings is 1. The molecule has 7 heteroatoms. The summed E-state index contributed by atoms with van der Waals surface area (Å²) in [5.74, 6) is -0.459. The molecule has 6 nitrogen and oxygen atoms in total. The molecule has 0 bridgehead atoms. The number of hydrogen-bond acceptors (Lipinski definition) is 4. The molecule has 0 aliphatic heterocycles. The Balaban J connectivity index is 1.92. The van der Waals surface area contributed by atoms with Gasteiger partial charge in [0.25, 0.3) is 0 Å². The topological polar surface area (TPSA) is 76.2 Å². The summed E-state index contributed by atoms with van der Waals surface area (Å²) in [7, 11) is 0. The minimum absolute atomic E-state index is 0.459. The second-order valence-electron chi connectivity index (χ2n) is 4.31. The lowest BCUT2D eigenvalue weighted by molar-refractivity contribution is 0.555. The van der Waals surface area contributed by atoms with Crippen molar-refractivity contribution in [3.8, 4) is 11.3 Å². The minimum atomic E-state index is -0.459. The van der Waals surface area contributed by atoms with Gasteiger partial charge >= 0.3 is 5.76 Å². The van der Waals surface area contributed by atoms with Gasteiger partial charge in [0.05, 0.1) is 17.4 Å². The molecule has 0 atom stereocenters. The summed E-state index contributed by atoms with van der Waals surface area (Å²) in [6, 6.07) is 9.21. The van der Waals surface area contributed by atoms with Crippen molar-refractivity contribution >= 4 is 32.7 Å². The van der Waals surface area contributed by atoms with E-state index >= 15 is 0 Å². The monoisotopic (exact) mass is 330 g/mol. The zero-order valence-electron chi connectivity index (χ0n) is 10.0. The van der Waals surface area contributed by atoms with Crippen LogP contribution in [0, 0.1) is 0 Å². The van der Waals surface area contributed by atoms with Crippen molar-refractivity contribution in [2.45, 2.75) is 0 Å². The zero-order chi connectivity index (χ0) is 13.7. The van der Waals surface area contributed by atoms with Crippen molar-refractivity contribution in [3.63, 3.8) is 0 Å². The Kier molecular flexibility index (Phi) is 2.31. The normalized spacial score (nSPS) is 11.4. The van der Waals surface area contributed by atoms with Gasteiger partial charge in [0.1, 0.15) is 4.60 Å². The molecule has 0 spiro atoms. The van der Waals surface area contributed by atoms with Gasteiger partial charge in [-0.25, -0.2) is 14.3 Å². The number of aromatic nitrogens is 4. The Labute approximate surface area is 120 Å². The lowest BCUT2D eigenvalue weighted by Crippen LogP contribution is -1.94. The van der Waals surface area contributed by atoms with Crippen molar-refractivity contribution in [3.05, 3.63) is 51.7 Å². The van der Waals surface area contributed by atoms with Crippen LogP contribution in [0.5, 0.6) is 0 Å². The number of nitrogens with zero attached hydrogens (tertiary/aromatic N) is 3. The smallest absolute Gasteiger partial charge is 0.408 e. The first-order valence-corrected chi connectivity index (χ1v) is 6.63. The fraction of sp³-hybridized carbons (Fsp3) is 0.